The Balaban J connectivity index is 1.55. The normalized spacial score (nSPS) is 29.7. The molecule has 3 heterocycles. The molecule has 3 unspecified atom stereocenters. The molecule has 160 valence electrons. The van der Waals surface area contributed by atoms with Crippen LogP contribution in [0.15, 0.2) is 18.2 Å². The molecule has 3 fully saturated rings. The van der Waals surface area contributed by atoms with E-state index in [1.54, 1.807) is 6.07 Å². The van der Waals surface area contributed by atoms with Gasteiger partial charge in [-0.2, -0.15) is 13.2 Å². The molecule has 10 heteroatoms. The second kappa shape index (κ2) is 7.51. The predicted molar refractivity (Wildman–Crippen MR) is 97.2 cm³/mol. The van der Waals surface area contributed by atoms with E-state index in [-0.39, 0.29) is 42.5 Å². The monoisotopic (exact) mass is 414 g/mol. The van der Waals surface area contributed by atoms with Crippen molar-refractivity contribution in [2.75, 3.05) is 26.3 Å². The fraction of sp³-hybridized carbons (Fsp3) is 0.632. The van der Waals surface area contributed by atoms with Crippen LogP contribution < -0.4 is 16.6 Å². The third kappa shape index (κ3) is 3.99. The smallest absolute Gasteiger partial charge is 0.385 e. The highest BCUT2D eigenvalue weighted by Gasteiger charge is 2.45. The number of nitrogens with zero attached hydrogens (tertiary/aromatic N) is 1. The van der Waals surface area contributed by atoms with Crippen molar-refractivity contribution in [1.29, 1.82) is 0 Å². The summed E-state index contributed by atoms with van der Waals surface area (Å²) in [6, 6.07) is 3.54. The van der Waals surface area contributed by atoms with Crippen LogP contribution >= 0.6 is 0 Å². The Hall–Kier alpha value is -1.72. The first kappa shape index (κ1) is 20.5. The number of carbonyl (C=O) groups is 1. The fourth-order valence-corrected chi connectivity index (χ4v) is 4.63. The highest BCUT2D eigenvalue weighted by Crippen LogP contribution is 2.39. The fourth-order valence-electron chi connectivity index (χ4n) is 4.63. The zero-order valence-electron chi connectivity index (χ0n) is 15.8. The number of hydrazine groups is 1. The summed E-state index contributed by atoms with van der Waals surface area (Å²) in [5, 5.41) is 10.8. The highest BCUT2D eigenvalue weighted by atomic mass is 19.4. The first-order valence-corrected chi connectivity index (χ1v) is 9.71. The van der Waals surface area contributed by atoms with Crippen LogP contribution in [0.1, 0.15) is 29.5 Å². The van der Waals surface area contributed by atoms with E-state index >= 15 is 0 Å². The van der Waals surface area contributed by atoms with Crippen molar-refractivity contribution in [2.45, 2.75) is 43.2 Å². The average Bonchev–Trinajstić information content (AvgIpc) is 3.21. The number of rotatable bonds is 4. The number of nitrogens with two attached hydrogens (primary N) is 1. The Morgan fingerprint density at radius 3 is 2.66 bits per heavy atom. The van der Waals surface area contributed by atoms with Gasteiger partial charge in [-0.3, -0.25) is 15.1 Å². The van der Waals surface area contributed by atoms with Crippen LogP contribution in [0.5, 0.6) is 0 Å². The molecule has 5 N–H and O–H groups in total. The van der Waals surface area contributed by atoms with E-state index in [2.05, 4.69) is 10.9 Å². The third-order valence-electron chi connectivity index (χ3n) is 6.27. The van der Waals surface area contributed by atoms with Gasteiger partial charge in [-0.25, -0.2) is 5.43 Å². The summed E-state index contributed by atoms with van der Waals surface area (Å²) in [6.45, 7) is 1.73. The van der Waals surface area contributed by atoms with Crippen molar-refractivity contribution in [2.24, 2.45) is 11.7 Å². The lowest BCUT2D eigenvalue weighted by Crippen LogP contribution is -2.45. The quantitative estimate of drug-likeness (QED) is 0.572. The summed E-state index contributed by atoms with van der Waals surface area (Å²) in [4.78, 5) is 13.4. The number of carbonyl (C=O) groups excluding carboxylic acids is 1. The summed E-state index contributed by atoms with van der Waals surface area (Å²) in [5.41, 5.74) is 9.65. The number of ether oxygens (including phenoxy) is 1. The van der Waals surface area contributed by atoms with Gasteiger partial charge < -0.3 is 15.6 Å². The van der Waals surface area contributed by atoms with Crippen molar-refractivity contribution in [3.8, 4) is 0 Å². The average molecular weight is 414 g/mol. The number of hydrogen-bond acceptors (Lipinski definition) is 6. The van der Waals surface area contributed by atoms with E-state index in [1.165, 1.54) is 6.07 Å². The maximum atomic E-state index is 13.8. The van der Waals surface area contributed by atoms with Crippen molar-refractivity contribution in [3.63, 3.8) is 0 Å². The van der Waals surface area contributed by atoms with Crippen molar-refractivity contribution < 1.29 is 27.8 Å². The van der Waals surface area contributed by atoms with Crippen LogP contribution in [0.3, 0.4) is 0 Å². The largest absolute Gasteiger partial charge is 0.416 e. The van der Waals surface area contributed by atoms with Gasteiger partial charge in [0.2, 0.25) is 5.91 Å². The second-order valence-corrected chi connectivity index (χ2v) is 8.15. The number of likely N-dealkylation sites (tertiary alicyclic amines) is 1. The van der Waals surface area contributed by atoms with Gasteiger partial charge in [0, 0.05) is 57.6 Å². The van der Waals surface area contributed by atoms with Gasteiger partial charge in [0.05, 0.1) is 11.2 Å². The van der Waals surface area contributed by atoms with E-state index < -0.39 is 29.3 Å². The Morgan fingerprint density at radius 2 is 2.00 bits per heavy atom. The number of benzene rings is 1. The first-order valence-electron chi connectivity index (χ1n) is 9.71. The second-order valence-electron chi connectivity index (χ2n) is 8.15. The highest BCUT2D eigenvalue weighted by molar-refractivity contribution is 5.80. The summed E-state index contributed by atoms with van der Waals surface area (Å²) in [5.74, 6) is -0.555. The number of alkyl halides is 3. The first-order chi connectivity index (χ1) is 13.7. The van der Waals surface area contributed by atoms with Gasteiger partial charge in [-0.1, -0.05) is 12.1 Å². The van der Waals surface area contributed by atoms with E-state index in [1.807, 2.05) is 4.90 Å². The molecule has 0 bridgehead atoms. The molecule has 3 aliphatic rings. The van der Waals surface area contributed by atoms with Gasteiger partial charge in [0.1, 0.15) is 6.04 Å². The van der Waals surface area contributed by atoms with Gasteiger partial charge in [-0.05, 0) is 17.2 Å². The van der Waals surface area contributed by atoms with E-state index in [0.29, 0.717) is 26.3 Å². The van der Waals surface area contributed by atoms with Crippen molar-refractivity contribution >= 4 is 5.91 Å². The molecule has 0 aliphatic carbocycles. The number of aliphatic hydroxyl groups is 1. The maximum absolute atomic E-state index is 13.8. The summed E-state index contributed by atoms with van der Waals surface area (Å²) < 4.78 is 46.6. The molecule has 3 saturated heterocycles. The Labute approximate surface area is 166 Å². The molecule has 3 atom stereocenters. The molecule has 0 saturated carbocycles. The topological polar surface area (TPSA) is 99.9 Å². The summed E-state index contributed by atoms with van der Waals surface area (Å²) in [6.07, 6.45) is -3.99. The van der Waals surface area contributed by atoms with Gasteiger partial charge in [-0.15, -0.1) is 0 Å². The van der Waals surface area contributed by atoms with Crippen LogP contribution in [0, 0.1) is 5.92 Å². The molecule has 1 amide bonds. The molecular weight excluding hydrogens is 389 g/mol. The van der Waals surface area contributed by atoms with E-state index in [9.17, 15) is 23.1 Å². The minimum atomic E-state index is -4.53. The van der Waals surface area contributed by atoms with Gasteiger partial charge in [0.15, 0.2) is 0 Å². The Kier molecular flexibility index (Phi) is 5.32. The van der Waals surface area contributed by atoms with E-state index in [0.717, 1.165) is 6.07 Å². The molecule has 29 heavy (non-hydrogen) atoms. The van der Waals surface area contributed by atoms with Crippen LogP contribution in [0.4, 0.5) is 13.2 Å². The van der Waals surface area contributed by atoms with Gasteiger partial charge >= 0.3 is 6.18 Å². The third-order valence-corrected chi connectivity index (χ3v) is 6.27. The molecule has 0 aromatic heterocycles. The van der Waals surface area contributed by atoms with Crippen LogP contribution in [0.25, 0.3) is 0 Å². The number of primary amides is 1. The van der Waals surface area contributed by atoms with Crippen molar-refractivity contribution in [3.05, 3.63) is 34.9 Å². The maximum Gasteiger partial charge on any atom is 0.416 e. The molecule has 1 aromatic carbocycles. The standard InChI is InChI=1S/C19H25F3N4O3/c20-19(21,22)14-7-12(18(28)3-5-29-6-4-18)2-1-11(14)8-26-9-13-15(10-26)24-25-16(13)17(23)27/h1-2,7,13,15-16,24-25,28H,3-6,8-10H2,(H2,23,27). The van der Waals surface area contributed by atoms with Crippen LogP contribution in [-0.2, 0) is 27.9 Å². The number of nitrogens with one attached hydrogen (secondary N) is 2. The zero-order valence-corrected chi connectivity index (χ0v) is 15.8. The molecular formula is C19H25F3N4O3. The number of halogens is 3. The SMILES string of the molecule is NC(=O)C1NNC2CN(Cc3ccc(C4(O)CCOCC4)cc3C(F)(F)F)CC21. The van der Waals surface area contributed by atoms with Crippen molar-refractivity contribution in [1.82, 2.24) is 15.8 Å². The molecule has 1 aromatic rings. The minimum absolute atomic E-state index is 0.0379. The zero-order chi connectivity index (χ0) is 20.8. The Morgan fingerprint density at radius 1 is 1.28 bits per heavy atom. The lowest BCUT2D eigenvalue weighted by Gasteiger charge is -2.33. The predicted octanol–water partition coefficient (Wildman–Crippen LogP) is 0.466. The lowest BCUT2D eigenvalue weighted by molar-refractivity contribution is -0.138. The van der Waals surface area contributed by atoms with Gasteiger partial charge in [0.25, 0.3) is 0 Å². The molecule has 4 rings (SSSR count). The molecule has 3 aliphatic heterocycles. The lowest BCUT2D eigenvalue weighted by atomic mass is 9.84. The molecule has 7 nitrogen and oxygen atoms in total. The molecule has 0 spiro atoms. The number of fused-ring (bicyclic) bond motifs is 1. The Bertz CT molecular complexity index is 782. The van der Waals surface area contributed by atoms with Crippen LogP contribution in [-0.4, -0.2) is 54.3 Å². The number of amides is 1. The summed E-state index contributed by atoms with van der Waals surface area (Å²) >= 11 is 0. The summed E-state index contributed by atoms with van der Waals surface area (Å²) in [7, 11) is 0. The van der Waals surface area contributed by atoms with Crippen LogP contribution in [0.2, 0.25) is 0 Å². The van der Waals surface area contributed by atoms with E-state index in [4.69, 9.17) is 10.5 Å². The number of hydrogen-bond donors (Lipinski definition) is 4. The molecule has 0 radical (unpaired) electrons. The minimum Gasteiger partial charge on any atom is -0.385 e.